The number of nitrogens with zero attached hydrogens (tertiary/aromatic N) is 5. The first-order chi connectivity index (χ1) is 15.3. The second-order valence-corrected chi connectivity index (χ2v) is 8.66. The number of rotatable bonds is 5. The summed E-state index contributed by atoms with van der Waals surface area (Å²) < 4.78 is 7.12. The Bertz CT molecular complexity index is 1160. The fraction of sp³-hybridized carbons (Fsp3) is 0.476. The molecular formula is C21H27N7O3S. The molecular weight excluding hydrogens is 430 g/mol. The molecule has 2 amide bonds. The maximum absolute atomic E-state index is 12.4. The molecule has 170 valence electrons. The third-order valence-corrected chi connectivity index (χ3v) is 6.56. The monoisotopic (exact) mass is 457 g/mol. The van der Waals surface area contributed by atoms with Gasteiger partial charge in [0.25, 0.3) is 5.91 Å². The summed E-state index contributed by atoms with van der Waals surface area (Å²) in [6, 6.07) is 0. The van der Waals surface area contributed by atoms with E-state index in [1.54, 1.807) is 10.1 Å². The molecule has 0 radical (unpaired) electrons. The fourth-order valence-electron chi connectivity index (χ4n) is 3.99. The van der Waals surface area contributed by atoms with Gasteiger partial charge in [0.2, 0.25) is 5.91 Å². The first-order valence-corrected chi connectivity index (χ1v) is 11.4. The number of aryl methyl sites for hydroxylation is 4. The lowest BCUT2D eigenvalue weighted by Gasteiger charge is -2.25. The zero-order valence-corrected chi connectivity index (χ0v) is 19.5. The Morgan fingerprint density at radius 2 is 1.88 bits per heavy atom. The van der Waals surface area contributed by atoms with E-state index in [-0.39, 0.29) is 18.0 Å². The topological polar surface area (TPSA) is 114 Å². The normalized spacial score (nSPS) is 14.1. The second kappa shape index (κ2) is 9.21. The fourth-order valence-corrected chi connectivity index (χ4v) is 4.85. The number of morpholine rings is 1. The Labute approximate surface area is 189 Å². The number of amides is 2. The summed E-state index contributed by atoms with van der Waals surface area (Å²) in [5.74, 6) is -0.709. The number of nitrogens with one attached hydrogen (secondary N) is 2. The summed E-state index contributed by atoms with van der Waals surface area (Å²) in [5.41, 5.74) is 10.00. The van der Waals surface area contributed by atoms with Crippen LogP contribution in [-0.2, 0) is 23.0 Å². The molecule has 1 fully saturated rings. The van der Waals surface area contributed by atoms with E-state index in [1.807, 2.05) is 27.8 Å². The number of hydrazine groups is 1. The van der Waals surface area contributed by atoms with E-state index in [2.05, 4.69) is 30.8 Å². The molecule has 32 heavy (non-hydrogen) atoms. The first kappa shape index (κ1) is 22.2. The molecule has 3 aromatic rings. The Hall–Kier alpha value is -3.05. The number of carbonyl (C=O) groups is 2. The molecule has 0 atom stereocenters. The van der Waals surface area contributed by atoms with Crippen molar-refractivity contribution in [3.63, 3.8) is 0 Å². The average Bonchev–Trinajstić information content (AvgIpc) is 3.37. The standard InChI is InChI=1S/C21H27N7O3S/c1-12-15(13(2)22-19-18(12)14(3)26-27(19)4)5-6-17(29)24-25-20(30)16-11-32-21(23-16)28-7-9-31-10-8-28/h11H,5-10H2,1-4H3,(H,24,29)(H,25,30). The molecule has 1 aliphatic heterocycles. The van der Waals surface area contributed by atoms with Crippen molar-refractivity contribution in [2.24, 2.45) is 7.05 Å². The predicted molar refractivity (Wildman–Crippen MR) is 122 cm³/mol. The van der Waals surface area contributed by atoms with Crippen LogP contribution in [0.15, 0.2) is 5.38 Å². The van der Waals surface area contributed by atoms with Gasteiger partial charge >= 0.3 is 0 Å². The van der Waals surface area contributed by atoms with Crippen LogP contribution in [0.4, 0.5) is 5.13 Å². The van der Waals surface area contributed by atoms with Crippen LogP contribution in [0.5, 0.6) is 0 Å². The first-order valence-electron chi connectivity index (χ1n) is 10.5. The van der Waals surface area contributed by atoms with E-state index >= 15 is 0 Å². The number of thiazole rings is 1. The van der Waals surface area contributed by atoms with E-state index in [4.69, 9.17) is 4.74 Å². The number of pyridine rings is 1. The van der Waals surface area contributed by atoms with Crippen molar-refractivity contribution in [2.45, 2.75) is 33.6 Å². The molecule has 3 aromatic heterocycles. The zero-order chi connectivity index (χ0) is 22.8. The molecule has 0 saturated carbocycles. The van der Waals surface area contributed by atoms with Crippen LogP contribution in [-0.4, -0.2) is 57.9 Å². The number of hydrogen-bond donors (Lipinski definition) is 2. The number of fused-ring (bicyclic) bond motifs is 1. The zero-order valence-electron chi connectivity index (χ0n) is 18.7. The molecule has 11 heteroatoms. The van der Waals surface area contributed by atoms with Gasteiger partial charge in [-0.05, 0) is 38.3 Å². The summed E-state index contributed by atoms with van der Waals surface area (Å²) >= 11 is 1.41. The van der Waals surface area contributed by atoms with Gasteiger partial charge in [-0.3, -0.25) is 25.1 Å². The highest BCUT2D eigenvalue weighted by Gasteiger charge is 2.19. The van der Waals surface area contributed by atoms with E-state index < -0.39 is 5.91 Å². The van der Waals surface area contributed by atoms with Crippen molar-refractivity contribution in [2.75, 3.05) is 31.2 Å². The lowest BCUT2D eigenvalue weighted by atomic mass is 9.99. The molecule has 1 saturated heterocycles. The molecule has 0 aliphatic carbocycles. The molecule has 10 nitrogen and oxygen atoms in total. The number of aromatic nitrogens is 4. The van der Waals surface area contributed by atoms with Gasteiger partial charge in [0.15, 0.2) is 10.8 Å². The SMILES string of the molecule is Cc1nc2c(c(C)nn2C)c(C)c1CCC(=O)NNC(=O)c1csc(N2CCOCC2)n1. The third-order valence-electron chi connectivity index (χ3n) is 5.65. The average molecular weight is 458 g/mol. The van der Waals surface area contributed by atoms with Crippen LogP contribution in [0.2, 0.25) is 0 Å². The molecule has 2 N–H and O–H groups in total. The van der Waals surface area contributed by atoms with E-state index in [0.717, 1.165) is 51.8 Å². The van der Waals surface area contributed by atoms with Crippen LogP contribution in [0.1, 0.15) is 39.4 Å². The largest absolute Gasteiger partial charge is 0.378 e. The van der Waals surface area contributed by atoms with Gasteiger partial charge in [0.05, 0.1) is 18.9 Å². The smallest absolute Gasteiger partial charge is 0.289 e. The molecule has 0 spiro atoms. The third kappa shape index (κ3) is 4.44. The van der Waals surface area contributed by atoms with Crippen LogP contribution >= 0.6 is 11.3 Å². The predicted octanol–water partition coefficient (Wildman–Crippen LogP) is 1.58. The highest BCUT2D eigenvalue weighted by molar-refractivity contribution is 7.13. The van der Waals surface area contributed by atoms with E-state index in [1.165, 1.54) is 11.3 Å². The number of carbonyl (C=O) groups excluding carboxylic acids is 2. The minimum Gasteiger partial charge on any atom is -0.378 e. The van der Waals surface area contributed by atoms with Crippen LogP contribution in [0.3, 0.4) is 0 Å². The van der Waals surface area contributed by atoms with Crippen molar-refractivity contribution in [1.29, 1.82) is 0 Å². The molecule has 0 unspecified atom stereocenters. The molecule has 1 aliphatic rings. The Kier molecular flexibility index (Phi) is 6.38. The van der Waals surface area contributed by atoms with Crippen molar-refractivity contribution in [3.8, 4) is 0 Å². The van der Waals surface area contributed by atoms with Crippen LogP contribution in [0.25, 0.3) is 11.0 Å². The van der Waals surface area contributed by atoms with Gasteiger partial charge < -0.3 is 9.64 Å². The van der Waals surface area contributed by atoms with Crippen molar-refractivity contribution < 1.29 is 14.3 Å². The number of ether oxygens (including phenoxy) is 1. The van der Waals surface area contributed by atoms with Gasteiger partial charge in [-0.1, -0.05) is 0 Å². The number of anilines is 1. The second-order valence-electron chi connectivity index (χ2n) is 7.83. The number of hydrogen-bond acceptors (Lipinski definition) is 8. The minimum atomic E-state index is -0.435. The quantitative estimate of drug-likeness (QED) is 0.559. The molecule has 4 heterocycles. The maximum Gasteiger partial charge on any atom is 0.289 e. The summed E-state index contributed by atoms with van der Waals surface area (Å²) in [4.78, 5) is 35.9. The highest BCUT2D eigenvalue weighted by atomic mass is 32.1. The van der Waals surface area contributed by atoms with Gasteiger partial charge in [0, 0.05) is 43.0 Å². The van der Waals surface area contributed by atoms with E-state index in [0.29, 0.717) is 19.6 Å². The lowest BCUT2D eigenvalue weighted by Crippen LogP contribution is -2.42. The Morgan fingerprint density at radius 1 is 1.12 bits per heavy atom. The summed E-state index contributed by atoms with van der Waals surface area (Å²) in [6.45, 7) is 8.75. The van der Waals surface area contributed by atoms with Crippen molar-refractivity contribution in [3.05, 3.63) is 33.6 Å². The molecule has 0 bridgehead atoms. The Morgan fingerprint density at radius 3 is 2.62 bits per heavy atom. The van der Waals surface area contributed by atoms with Crippen molar-refractivity contribution in [1.82, 2.24) is 30.6 Å². The van der Waals surface area contributed by atoms with Gasteiger partial charge in [-0.2, -0.15) is 5.10 Å². The summed E-state index contributed by atoms with van der Waals surface area (Å²) in [7, 11) is 1.88. The van der Waals surface area contributed by atoms with Crippen molar-refractivity contribution >= 4 is 39.3 Å². The van der Waals surface area contributed by atoms with E-state index in [9.17, 15) is 9.59 Å². The van der Waals surface area contributed by atoms with Gasteiger partial charge in [-0.15, -0.1) is 11.3 Å². The summed E-state index contributed by atoms with van der Waals surface area (Å²) in [6.07, 6.45) is 0.749. The van der Waals surface area contributed by atoms with Gasteiger partial charge in [0.1, 0.15) is 5.69 Å². The minimum absolute atomic E-state index is 0.227. The summed E-state index contributed by atoms with van der Waals surface area (Å²) in [5, 5.41) is 7.95. The van der Waals surface area contributed by atoms with Gasteiger partial charge in [-0.25, -0.2) is 9.97 Å². The maximum atomic E-state index is 12.4. The molecule has 4 rings (SSSR count). The van der Waals surface area contributed by atoms with Crippen LogP contribution < -0.4 is 15.8 Å². The molecule has 0 aromatic carbocycles. The van der Waals surface area contributed by atoms with Crippen LogP contribution in [0, 0.1) is 20.8 Å². The highest BCUT2D eigenvalue weighted by Crippen LogP contribution is 2.26. The Balaban J connectivity index is 1.33. The lowest BCUT2D eigenvalue weighted by molar-refractivity contribution is -0.121.